The van der Waals surface area contributed by atoms with E-state index < -0.39 is 0 Å². The van der Waals surface area contributed by atoms with Crippen molar-refractivity contribution in [3.63, 3.8) is 0 Å². The Hall–Kier alpha value is -3.49. The highest BCUT2D eigenvalue weighted by Crippen LogP contribution is 2.32. The van der Waals surface area contributed by atoms with Crippen LogP contribution >= 0.6 is 27.3 Å². The van der Waals surface area contributed by atoms with E-state index in [0.29, 0.717) is 11.5 Å². The summed E-state index contributed by atoms with van der Waals surface area (Å²) in [5.41, 5.74) is 9.64. The molecule has 0 spiro atoms. The van der Waals surface area contributed by atoms with E-state index in [-0.39, 0.29) is 0 Å². The minimum absolute atomic E-state index is 0.438. The largest absolute Gasteiger partial charge is 0.457 e. The fourth-order valence-corrected chi connectivity index (χ4v) is 4.13. The molecule has 0 fully saturated rings. The Morgan fingerprint density at radius 2 is 1.58 bits per heavy atom. The molecule has 0 atom stereocenters. The smallest absolute Gasteiger partial charge is 0.165 e. The van der Waals surface area contributed by atoms with Gasteiger partial charge in [0.15, 0.2) is 11.5 Å². The lowest BCUT2D eigenvalue weighted by Crippen LogP contribution is -2.02. The Labute approximate surface area is 191 Å². The minimum atomic E-state index is 0.438. The molecule has 2 heterocycles. The quantitative estimate of drug-likeness (QED) is 0.318. The maximum atomic E-state index is 6.36. The minimum Gasteiger partial charge on any atom is -0.457 e. The lowest BCUT2D eigenvalue weighted by atomic mass is 10.2. The SMILES string of the molecule is Nc1c(-c2nc(-c3ccc(Br)cc3)cs2)nnn1-c1ccc(Oc2ccccc2)cc1. The molecule has 5 rings (SSSR count). The number of hydrogen-bond donors (Lipinski definition) is 1. The number of rotatable bonds is 5. The van der Waals surface area contributed by atoms with Crippen LogP contribution < -0.4 is 10.5 Å². The number of para-hydroxylation sites is 1. The van der Waals surface area contributed by atoms with Gasteiger partial charge in [-0.2, -0.15) is 4.68 Å². The van der Waals surface area contributed by atoms with Crippen LogP contribution in [0.3, 0.4) is 0 Å². The van der Waals surface area contributed by atoms with E-state index in [9.17, 15) is 0 Å². The van der Waals surface area contributed by atoms with Crippen LogP contribution in [0.5, 0.6) is 11.5 Å². The van der Waals surface area contributed by atoms with E-state index in [4.69, 9.17) is 15.5 Å². The van der Waals surface area contributed by atoms with Crippen molar-refractivity contribution in [1.29, 1.82) is 0 Å². The van der Waals surface area contributed by atoms with Gasteiger partial charge in [0.1, 0.15) is 16.5 Å². The van der Waals surface area contributed by atoms with Crippen molar-refractivity contribution in [3.05, 3.63) is 88.7 Å². The first-order valence-electron chi connectivity index (χ1n) is 9.44. The van der Waals surface area contributed by atoms with E-state index in [1.807, 2.05) is 84.2 Å². The molecule has 0 aliphatic rings. The molecule has 8 heteroatoms. The van der Waals surface area contributed by atoms with Crippen molar-refractivity contribution in [2.75, 3.05) is 5.73 Å². The monoisotopic (exact) mass is 489 g/mol. The number of thiazole rings is 1. The summed E-state index contributed by atoms with van der Waals surface area (Å²) >= 11 is 4.94. The van der Waals surface area contributed by atoms with E-state index in [2.05, 4.69) is 26.2 Å². The third kappa shape index (κ3) is 4.08. The molecule has 152 valence electrons. The summed E-state index contributed by atoms with van der Waals surface area (Å²) in [4.78, 5) is 4.70. The van der Waals surface area contributed by atoms with Crippen LogP contribution in [0.4, 0.5) is 5.82 Å². The number of benzene rings is 3. The standard InChI is InChI=1S/C23H16BrN5OS/c24-16-8-6-15(7-9-16)20-14-31-23(26-20)21-22(25)29(28-27-21)17-10-12-19(13-11-17)30-18-4-2-1-3-5-18/h1-14H,25H2. The molecule has 5 aromatic rings. The van der Waals surface area contributed by atoms with E-state index in [0.717, 1.165) is 37.9 Å². The van der Waals surface area contributed by atoms with Gasteiger partial charge in [-0.3, -0.25) is 0 Å². The molecular formula is C23H16BrN5OS. The van der Waals surface area contributed by atoms with Crippen LogP contribution in [0.25, 0.3) is 27.6 Å². The van der Waals surface area contributed by atoms with Crippen LogP contribution in [-0.4, -0.2) is 20.0 Å². The number of hydrogen-bond acceptors (Lipinski definition) is 6. The average molecular weight is 490 g/mol. The molecule has 0 saturated heterocycles. The van der Waals surface area contributed by atoms with Crippen LogP contribution in [0.15, 0.2) is 88.7 Å². The van der Waals surface area contributed by atoms with Crippen molar-refractivity contribution in [2.45, 2.75) is 0 Å². The Balaban J connectivity index is 1.38. The average Bonchev–Trinajstić information content (AvgIpc) is 3.42. The van der Waals surface area contributed by atoms with Gasteiger partial charge >= 0.3 is 0 Å². The molecule has 0 saturated carbocycles. The van der Waals surface area contributed by atoms with Gasteiger partial charge in [-0.25, -0.2) is 4.98 Å². The zero-order valence-electron chi connectivity index (χ0n) is 16.1. The van der Waals surface area contributed by atoms with Gasteiger partial charge in [-0.15, -0.1) is 16.4 Å². The van der Waals surface area contributed by atoms with Crippen molar-refractivity contribution in [3.8, 4) is 39.1 Å². The molecule has 0 aliphatic carbocycles. The fourth-order valence-electron chi connectivity index (χ4n) is 3.05. The van der Waals surface area contributed by atoms with Gasteiger partial charge in [-0.1, -0.05) is 51.5 Å². The third-order valence-electron chi connectivity index (χ3n) is 4.61. The predicted molar refractivity (Wildman–Crippen MR) is 127 cm³/mol. The van der Waals surface area contributed by atoms with Gasteiger partial charge in [0.2, 0.25) is 0 Å². The highest BCUT2D eigenvalue weighted by molar-refractivity contribution is 9.10. The van der Waals surface area contributed by atoms with E-state index in [1.165, 1.54) is 11.3 Å². The summed E-state index contributed by atoms with van der Waals surface area (Å²) in [7, 11) is 0. The lowest BCUT2D eigenvalue weighted by molar-refractivity contribution is 0.482. The second-order valence-electron chi connectivity index (χ2n) is 6.69. The number of aromatic nitrogens is 4. The third-order valence-corrected chi connectivity index (χ3v) is 5.99. The van der Waals surface area contributed by atoms with Gasteiger partial charge in [-0.05, 0) is 48.5 Å². The highest BCUT2D eigenvalue weighted by atomic mass is 79.9. The summed E-state index contributed by atoms with van der Waals surface area (Å²) in [5.74, 6) is 1.95. The molecular weight excluding hydrogens is 474 g/mol. The number of anilines is 1. The van der Waals surface area contributed by atoms with Gasteiger partial charge < -0.3 is 10.5 Å². The molecule has 3 aromatic carbocycles. The molecule has 0 aliphatic heterocycles. The first-order chi connectivity index (χ1) is 15.2. The second kappa shape index (κ2) is 8.33. The number of halogens is 1. The molecule has 0 amide bonds. The Bertz CT molecular complexity index is 1310. The van der Waals surface area contributed by atoms with Gasteiger partial charge in [0.05, 0.1) is 11.4 Å². The highest BCUT2D eigenvalue weighted by Gasteiger charge is 2.17. The van der Waals surface area contributed by atoms with Crippen LogP contribution in [0, 0.1) is 0 Å². The topological polar surface area (TPSA) is 78.9 Å². The van der Waals surface area contributed by atoms with Crippen molar-refractivity contribution < 1.29 is 4.74 Å². The Kier molecular flexibility index (Phi) is 5.23. The van der Waals surface area contributed by atoms with E-state index in [1.54, 1.807) is 4.68 Å². The first-order valence-corrected chi connectivity index (χ1v) is 11.1. The zero-order valence-corrected chi connectivity index (χ0v) is 18.5. The first kappa shape index (κ1) is 19.5. The van der Waals surface area contributed by atoms with Crippen molar-refractivity contribution in [1.82, 2.24) is 20.0 Å². The molecule has 6 nitrogen and oxygen atoms in total. The Morgan fingerprint density at radius 3 is 2.32 bits per heavy atom. The Morgan fingerprint density at radius 1 is 0.871 bits per heavy atom. The number of nitrogens with two attached hydrogens (primary N) is 1. The molecule has 2 aromatic heterocycles. The molecule has 31 heavy (non-hydrogen) atoms. The van der Waals surface area contributed by atoms with Crippen LogP contribution in [0.2, 0.25) is 0 Å². The summed E-state index contributed by atoms with van der Waals surface area (Å²) in [6, 6.07) is 25.2. The van der Waals surface area contributed by atoms with Gasteiger partial charge in [0.25, 0.3) is 0 Å². The van der Waals surface area contributed by atoms with Crippen molar-refractivity contribution in [2.24, 2.45) is 0 Å². The second-order valence-corrected chi connectivity index (χ2v) is 8.46. The predicted octanol–water partition coefficient (Wildman–Crippen LogP) is 6.19. The molecule has 0 radical (unpaired) electrons. The maximum absolute atomic E-state index is 6.36. The number of ether oxygens (including phenoxy) is 1. The van der Waals surface area contributed by atoms with Crippen LogP contribution in [0.1, 0.15) is 0 Å². The zero-order chi connectivity index (χ0) is 21.2. The van der Waals surface area contributed by atoms with Gasteiger partial charge in [0, 0.05) is 15.4 Å². The molecule has 2 N–H and O–H groups in total. The van der Waals surface area contributed by atoms with E-state index >= 15 is 0 Å². The lowest BCUT2D eigenvalue weighted by Gasteiger charge is -2.07. The summed E-state index contributed by atoms with van der Waals surface area (Å²) < 4.78 is 8.46. The number of nitrogen functional groups attached to an aromatic ring is 1. The number of nitrogens with zero attached hydrogens (tertiary/aromatic N) is 4. The summed E-state index contributed by atoms with van der Waals surface area (Å²) in [6.07, 6.45) is 0. The normalized spacial score (nSPS) is 10.9. The van der Waals surface area contributed by atoms with Crippen molar-refractivity contribution >= 4 is 33.1 Å². The maximum Gasteiger partial charge on any atom is 0.165 e. The molecule has 0 bridgehead atoms. The van der Waals surface area contributed by atoms with Crippen LogP contribution in [-0.2, 0) is 0 Å². The fraction of sp³-hybridized carbons (Fsp3) is 0. The summed E-state index contributed by atoms with van der Waals surface area (Å²) in [5, 5.41) is 11.2. The summed E-state index contributed by atoms with van der Waals surface area (Å²) in [6.45, 7) is 0. The molecule has 0 unspecified atom stereocenters.